The predicted octanol–water partition coefficient (Wildman–Crippen LogP) is 1.23. The van der Waals surface area contributed by atoms with Crippen molar-refractivity contribution >= 4 is 6.09 Å². The minimum absolute atomic E-state index is 0.593. The Kier molecular flexibility index (Phi) is 4.83. The minimum Gasteiger partial charge on any atom is -0.444 e. The smallest absolute Gasteiger partial charge is 0.407 e. The van der Waals surface area contributed by atoms with Crippen molar-refractivity contribution in [2.24, 2.45) is 0 Å². The zero-order chi connectivity index (χ0) is 11.4. The summed E-state index contributed by atoms with van der Waals surface area (Å²) in [5.74, 6) is 0. The van der Waals surface area contributed by atoms with Crippen LogP contribution in [0.25, 0.3) is 0 Å². The van der Waals surface area contributed by atoms with E-state index in [4.69, 9.17) is 9.84 Å². The Morgan fingerprint density at radius 2 is 2.07 bits per heavy atom. The molecule has 4 nitrogen and oxygen atoms in total. The van der Waals surface area contributed by atoms with Crippen molar-refractivity contribution in [3.63, 3.8) is 0 Å². The van der Waals surface area contributed by atoms with Gasteiger partial charge in [0, 0.05) is 0 Å². The third-order valence-corrected chi connectivity index (χ3v) is 1.48. The van der Waals surface area contributed by atoms with E-state index in [9.17, 15) is 9.18 Å². The van der Waals surface area contributed by atoms with Gasteiger partial charge in [0.15, 0.2) is 0 Å². The molecule has 0 bridgehead atoms. The first-order valence-electron chi connectivity index (χ1n) is 4.50. The number of alkyl halides is 1. The van der Waals surface area contributed by atoms with Crippen molar-refractivity contribution in [1.82, 2.24) is 5.32 Å². The Hall–Kier alpha value is -0.840. The molecule has 0 aliphatic heterocycles. The Bertz CT molecular complexity index is 191. The Morgan fingerprint density at radius 1 is 1.57 bits per heavy atom. The van der Waals surface area contributed by atoms with E-state index in [1.54, 1.807) is 20.8 Å². The molecule has 0 aromatic rings. The zero-order valence-corrected chi connectivity index (χ0v) is 9.00. The number of carbonyl (C=O) groups is 1. The molecule has 0 spiro atoms. The Labute approximate surface area is 83.4 Å². The number of ether oxygens (including phenoxy) is 1. The number of alkyl carbamates (subject to hydrolysis) is 1. The summed E-state index contributed by atoms with van der Waals surface area (Å²) in [7, 11) is 0. The second-order valence-corrected chi connectivity index (χ2v) is 4.16. The number of rotatable bonds is 3. The maximum atomic E-state index is 12.0. The highest BCUT2D eigenvalue weighted by molar-refractivity contribution is 5.68. The summed E-state index contributed by atoms with van der Waals surface area (Å²) in [6.45, 7) is 5.79. The van der Waals surface area contributed by atoms with Gasteiger partial charge in [0.05, 0.1) is 6.04 Å². The van der Waals surface area contributed by atoms with Crippen LogP contribution in [0, 0.1) is 0 Å². The van der Waals surface area contributed by atoms with Crippen LogP contribution in [0.1, 0.15) is 27.7 Å². The van der Waals surface area contributed by atoms with E-state index in [0.717, 1.165) is 0 Å². The summed E-state index contributed by atoms with van der Waals surface area (Å²) in [4.78, 5) is 11.1. The topological polar surface area (TPSA) is 58.6 Å². The minimum atomic E-state index is -1.19. The van der Waals surface area contributed by atoms with E-state index in [2.05, 4.69) is 5.32 Å². The van der Waals surface area contributed by atoms with Crippen LogP contribution < -0.4 is 5.32 Å². The molecule has 84 valence electrons. The van der Waals surface area contributed by atoms with Crippen molar-refractivity contribution in [2.45, 2.75) is 45.4 Å². The molecule has 2 N–H and O–H groups in total. The van der Waals surface area contributed by atoms with Gasteiger partial charge in [-0.1, -0.05) is 0 Å². The van der Waals surface area contributed by atoms with Crippen LogP contribution in [-0.2, 0) is 4.74 Å². The molecule has 0 aromatic carbocycles. The van der Waals surface area contributed by atoms with E-state index >= 15 is 0 Å². The third-order valence-electron chi connectivity index (χ3n) is 1.48. The van der Waals surface area contributed by atoms with Crippen LogP contribution in [0.5, 0.6) is 0 Å². The summed E-state index contributed by atoms with van der Waals surface area (Å²) >= 11 is 0. The highest BCUT2D eigenvalue weighted by Crippen LogP contribution is 2.07. The van der Waals surface area contributed by atoms with E-state index in [1.165, 1.54) is 6.92 Å². The molecular formula is C9H18FNO3. The molecule has 0 rings (SSSR count). The number of aliphatic hydroxyl groups is 1. The SMILES string of the molecule is C[C@H](NC(=O)OC(C)(C)C)C(O)CF. The summed E-state index contributed by atoms with van der Waals surface area (Å²) < 4.78 is 16.9. The Morgan fingerprint density at radius 3 is 2.43 bits per heavy atom. The van der Waals surface area contributed by atoms with Crippen molar-refractivity contribution in [2.75, 3.05) is 6.67 Å². The van der Waals surface area contributed by atoms with Crippen LogP contribution in [0.4, 0.5) is 9.18 Å². The van der Waals surface area contributed by atoms with Crippen molar-refractivity contribution in [3.8, 4) is 0 Å². The van der Waals surface area contributed by atoms with Gasteiger partial charge in [0.25, 0.3) is 0 Å². The zero-order valence-electron chi connectivity index (χ0n) is 9.00. The molecule has 1 unspecified atom stereocenters. The van der Waals surface area contributed by atoms with Crippen molar-refractivity contribution < 1.29 is 19.0 Å². The lowest BCUT2D eigenvalue weighted by atomic mass is 10.2. The average molecular weight is 207 g/mol. The molecule has 0 aromatic heterocycles. The van der Waals surface area contributed by atoms with Gasteiger partial charge in [-0.25, -0.2) is 9.18 Å². The maximum Gasteiger partial charge on any atom is 0.407 e. The standard InChI is InChI=1S/C9H18FNO3/c1-6(7(12)5-10)11-8(13)14-9(2,3)4/h6-7,12H,5H2,1-4H3,(H,11,13)/t6-,7?/m0/s1. The first-order valence-corrected chi connectivity index (χ1v) is 4.50. The van der Waals surface area contributed by atoms with E-state index < -0.39 is 30.5 Å². The van der Waals surface area contributed by atoms with E-state index in [0.29, 0.717) is 0 Å². The van der Waals surface area contributed by atoms with Gasteiger partial charge in [-0.3, -0.25) is 0 Å². The fourth-order valence-corrected chi connectivity index (χ4v) is 0.723. The predicted molar refractivity (Wildman–Crippen MR) is 50.8 cm³/mol. The summed E-state index contributed by atoms with van der Waals surface area (Å²) in [5.41, 5.74) is -0.593. The molecule has 0 fully saturated rings. The monoisotopic (exact) mass is 207 g/mol. The van der Waals surface area contributed by atoms with Crippen molar-refractivity contribution in [1.29, 1.82) is 0 Å². The molecular weight excluding hydrogens is 189 g/mol. The van der Waals surface area contributed by atoms with Gasteiger partial charge in [-0.15, -0.1) is 0 Å². The summed E-state index contributed by atoms with van der Waals surface area (Å²) in [6, 6.07) is -0.658. The fraction of sp³-hybridized carbons (Fsp3) is 0.889. The van der Waals surface area contributed by atoms with Crippen LogP contribution in [0.2, 0.25) is 0 Å². The third kappa shape index (κ3) is 5.75. The fourth-order valence-electron chi connectivity index (χ4n) is 0.723. The molecule has 0 saturated carbocycles. The highest BCUT2D eigenvalue weighted by atomic mass is 19.1. The summed E-state index contributed by atoms with van der Waals surface area (Å²) in [5, 5.41) is 11.4. The molecule has 0 saturated heterocycles. The largest absolute Gasteiger partial charge is 0.444 e. The van der Waals surface area contributed by atoms with Crippen LogP contribution >= 0.6 is 0 Å². The van der Waals surface area contributed by atoms with E-state index in [1.807, 2.05) is 0 Å². The molecule has 5 heteroatoms. The van der Waals surface area contributed by atoms with Gasteiger partial charge in [-0.05, 0) is 27.7 Å². The number of amides is 1. The highest BCUT2D eigenvalue weighted by Gasteiger charge is 2.20. The lowest BCUT2D eigenvalue weighted by Crippen LogP contribution is -2.44. The molecule has 14 heavy (non-hydrogen) atoms. The second kappa shape index (κ2) is 5.14. The van der Waals surface area contributed by atoms with Gasteiger partial charge in [0.1, 0.15) is 18.4 Å². The van der Waals surface area contributed by atoms with Gasteiger partial charge < -0.3 is 15.2 Å². The number of hydrogen-bond acceptors (Lipinski definition) is 3. The number of halogens is 1. The molecule has 0 aliphatic carbocycles. The van der Waals surface area contributed by atoms with Crippen LogP contribution in [-0.4, -0.2) is 35.6 Å². The second-order valence-electron chi connectivity index (χ2n) is 4.16. The number of hydrogen-bond donors (Lipinski definition) is 2. The number of carbonyl (C=O) groups excluding carboxylic acids is 1. The lowest BCUT2D eigenvalue weighted by Gasteiger charge is -2.23. The van der Waals surface area contributed by atoms with Gasteiger partial charge in [0.2, 0.25) is 0 Å². The van der Waals surface area contributed by atoms with E-state index in [-0.39, 0.29) is 0 Å². The van der Waals surface area contributed by atoms with Gasteiger partial charge >= 0.3 is 6.09 Å². The molecule has 0 aliphatic rings. The Balaban J connectivity index is 3.95. The average Bonchev–Trinajstić information content (AvgIpc) is 1.99. The molecule has 1 amide bonds. The molecule has 0 radical (unpaired) electrons. The van der Waals surface area contributed by atoms with Crippen LogP contribution in [0.15, 0.2) is 0 Å². The van der Waals surface area contributed by atoms with Gasteiger partial charge in [-0.2, -0.15) is 0 Å². The first kappa shape index (κ1) is 13.2. The van der Waals surface area contributed by atoms with Crippen LogP contribution in [0.3, 0.4) is 0 Å². The normalized spacial score (nSPS) is 15.9. The van der Waals surface area contributed by atoms with Crippen molar-refractivity contribution in [3.05, 3.63) is 0 Å². The number of aliphatic hydroxyl groups excluding tert-OH is 1. The first-order chi connectivity index (χ1) is 6.26. The maximum absolute atomic E-state index is 12.0. The molecule has 0 heterocycles. The number of nitrogens with one attached hydrogen (secondary N) is 1. The molecule has 2 atom stereocenters. The quantitative estimate of drug-likeness (QED) is 0.731. The summed E-state index contributed by atoms with van der Waals surface area (Å²) in [6.07, 6.45) is -1.85. The lowest BCUT2D eigenvalue weighted by molar-refractivity contribution is 0.0411.